The van der Waals surface area contributed by atoms with Crippen LogP contribution in [0.2, 0.25) is 0 Å². The minimum atomic E-state index is -0.559. The van der Waals surface area contributed by atoms with Crippen LogP contribution in [0.5, 0.6) is 0 Å². The molecule has 2 atom stereocenters. The zero-order chi connectivity index (χ0) is 15.4. The summed E-state index contributed by atoms with van der Waals surface area (Å²) in [6.45, 7) is 8.72. The summed E-state index contributed by atoms with van der Waals surface area (Å²) in [4.78, 5) is 11.8. The Bertz CT molecular complexity index is 220. The molecule has 2 unspecified atom stereocenters. The van der Waals surface area contributed by atoms with Crippen LogP contribution in [0.15, 0.2) is 0 Å². The smallest absolute Gasteiger partial charge is 0.307 e. The number of aliphatic carboxylic acids is 1. The highest BCUT2D eigenvalue weighted by Gasteiger charge is 2.32. The van der Waals surface area contributed by atoms with Crippen molar-refractivity contribution >= 4 is 5.97 Å². The Hall–Kier alpha value is -0.530. The van der Waals surface area contributed by atoms with Crippen molar-refractivity contribution in [2.75, 3.05) is 0 Å². The molecule has 2 nitrogen and oxygen atoms in total. The van der Waals surface area contributed by atoms with E-state index in [0.29, 0.717) is 11.8 Å². The lowest BCUT2D eigenvalue weighted by Gasteiger charge is -2.30. The molecule has 0 rings (SSSR count). The van der Waals surface area contributed by atoms with Gasteiger partial charge >= 0.3 is 5.97 Å². The zero-order valence-electron chi connectivity index (χ0n) is 14.2. The lowest BCUT2D eigenvalue weighted by atomic mass is 9.74. The van der Waals surface area contributed by atoms with Gasteiger partial charge in [-0.25, -0.2) is 0 Å². The monoisotopic (exact) mass is 284 g/mol. The van der Waals surface area contributed by atoms with Crippen LogP contribution in [0, 0.1) is 17.8 Å². The maximum atomic E-state index is 11.8. The number of carboxylic acids is 1. The highest BCUT2D eigenvalue weighted by atomic mass is 16.4. The molecule has 1 N–H and O–H groups in total. The second-order valence-electron chi connectivity index (χ2n) is 6.19. The number of carboxylic acid groups (broad SMARTS) is 1. The van der Waals surface area contributed by atoms with E-state index in [9.17, 15) is 9.90 Å². The molecule has 0 aromatic carbocycles. The van der Waals surface area contributed by atoms with Gasteiger partial charge in [-0.1, -0.05) is 79.1 Å². The van der Waals surface area contributed by atoms with Gasteiger partial charge in [0.05, 0.1) is 5.92 Å². The van der Waals surface area contributed by atoms with E-state index in [-0.39, 0.29) is 5.92 Å². The second kappa shape index (κ2) is 12.2. The molecule has 0 aliphatic heterocycles. The second-order valence-corrected chi connectivity index (χ2v) is 6.19. The number of rotatable bonds is 13. The summed E-state index contributed by atoms with van der Waals surface area (Å²) in [7, 11) is 0. The van der Waals surface area contributed by atoms with Gasteiger partial charge in [0, 0.05) is 0 Å². The average Bonchev–Trinajstić information content (AvgIpc) is 2.44. The maximum absolute atomic E-state index is 11.8. The van der Waals surface area contributed by atoms with Crippen molar-refractivity contribution in [3.8, 4) is 0 Å². The van der Waals surface area contributed by atoms with Crippen molar-refractivity contribution in [2.24, 2.45) is 17.8 Å². The molecule has 0 radical (unpaired) electrons. The normalized spacial score (nSPS) is 15.8. The fourth-order valence-corrected chi connectivity index (χ4v) is 3.38. The first-order valence-electron chi connectivity index (χ1n) is 8.84. The van der Waals surface area contributed by atoms with Crippen molar-refractivity contribution < 1.29 is 9.90 Å². The van der Waals surface area contributed by atoms with Gasteiger partial charge in [0.15, 0.2) is 0 Å². The average molecular weight is 284 g/mol. The van der Waals surface area contributed by atoms with Crippen LogP contribution in [0.3, 0.4) is 0 Å². The van der Waals surface area contributed by atoms with Crippen LogP contribution in [-0.2, 0) is 4.79 Å². The van der Waals surface area contributed by atoms with Gasteiger partial charge in [0.1, 0.15) is 0 Å². The fraction of sp³-hybridized carbons (Fsp3) is 0.944. The fourth-order valence-electron chi connectivity index (χ4n) is 3.38. The summed E-state index contributed by atoms with van der Waals surface area (Å²) in [6.07, 6.45) is 11.4. The lowest BCUT2D eigenvalue weighted by Crippen LogP contribution is -2.31. The number of hydrogen-bond donors (Lipinski definition) is 1. The van der Waals surface area contributed by atoms with Gasteiger partial charge in [-0.15, -0.1) is 0 Å². The molecule has 0 bridgehead atoms. The van der Waals surface area contributed by atoms with Gasteiger partial charge in [0.2, 0.25) is 0 Å². The van der Waals surface area contributed by atoms with Crippen LogP contribution in [0.25, 0.3) is 0 Å². The molecule has 2 heteroatoms. The highest BCUT2D eigenvalue weighted by molar-refractivity contribution is 5.70. The van der Waals surface area contributed by atoms with Gasteiger partial charge in [-0.05, 0) is 24.7 Å². The molecule has 0 amide bonds. The predicted molar refractivity (Wildman–Crippen MR) is 87.0 cm³/mol. The number of unbranched alkanes of at least 4 members (excludes halogenated alkanes) is 4. The Morgan fingerprint density at radius 1 is 0.800 bits per heavy atom. The molecule has 120 valence electrons. The van der Waals surface area contributed by atoms with Crippen molar-refractivity contribution in [1.29, 1.82) is 0 Å². The van der Waals surface area contributed by atoms with E-state index < -0.39 is 5.97 Å². The van der Waals surface area contributed by atoms with Gasteiger partial charge < -0.3 is 5.11 Å². The Labute approximate surface area is 126 Å². The van der Waals surface area contributed by atoms with E-state index >= 15 is 0 Å². The third-order valence-electron chi connectivity index (χ3n) is 4.71. The SMILES string of the molecule is CCCCCC(CC)C(C(=O)O)C(CC)CCCCC. The predicted octanol–water partition coefficient (Wildman–Crippen LogP) is 5.90. The van der Waals surface area contributed by atoms with E-state index in [1.807, 2.05) is 0 Å². The van der Waals surface area contributed by atoms with Crippen LogP contribution < -0.4 is 0 Å². The molecule has 0 fully saturated rings. The Morgan fingerprint density at radius 3 is 1.45 bits per heavy atom. The van der Waals surface area contributed by atoms with Crippen LogP contribution in [0.1, 0.15) is 91.9 Å². The Morgan fingerprint density at radius 2 is 1.20 bits per heavy atom. The van der Waals surface area contributed by atoms with Crippen molar-refractivity contribution in [2.45, 2.75) is 91.9 Å². The van der Waals surface area contributed by atoms with Gasteiger partial charge in [0.25, 0.3) is 0 Å². The largest absolute Gasteiger partial charge is 0.481 e. The summed E-state index contributed by atoms with van der Waals surface area (Å²) >= 11 is 0. The van der Waals surface area contributed by atoms with Crippen LogP contribution in [0.4, 0.5) is 0 Å². The lowest BCUT2D eigenvalue weighted by molar-refractivity contribution is -0.146. The van der Waals surface area contributed by atoms with Crippen LogP contribution in [-0.4, -0.2) is 11.1 Å². The molecule has 0 saturated carbocycles. The first-order valence-corrected chi connectivity index (χ1v) is 8.84. The highest BCUT2D eigenvalue weighted by Crippen LogP contribution is 2.33. The number of hydrogen-bond acceptors (Lipinski definition) is 1. The molecule has 0 heterocycles. The third-order valence-corrected chi connectivity index (χ3v) is 4.71. The Balaban J connectivity index is 4.64. The van der Waals surface area contributed by atoms with Gasteiger partial charge in [-0.2, -0.15) is 0 Å². The minimum absolute atomic E-state index is 0.126. The summed E-state index contributed by atoms with van der Waals surface area (Å²) in [6, 6.07) is 0. The zero-order valence-corrected chi connectivity index (χ0v) is 14.2. The van der Waals surface area contributed by atoms with E-state index in [0.717, 1.165) is 25.7 Å². The molecule has 0 aromatic rings. The van der Waals surface area contributed by atoms with Crippen molar-refractivity contribution in [3.63, 3.8) is 0 Å². The first kappa shape index (κ1) is 19.5. The summed E-state index contributed by atoms with van der Waals surface area (Å²) in [5.74, 6) is 0.0478. The van der Waals surface area contributed by atoms with E-state index in [1.165, 1.54) is 38.5 Å². The standard InChI is InChI=1S/C18H36O2/c1-5-9-11-13-15(7-3)17(18(19)20)16(8-4)14-12-10-6-2/h15-17H,5-14H2,1-4H3,(H,19,20). The topological polar surface area (TPSA) is 37.3 Å². The molecule has 0 saturated heterocycles. The summed E-state index contributed by atoms with van der Waals surface area (Å²) in [5, 5.41) is 9.69. The third kappa shape index (κ3) is 7.31. The Kier molecular flexibility index (Phi) is 11.9. The first-order chi connectivity index (χ1) is 9.62. The molecule has 0 aliphatic carbocycles. The minimum Gasteiger partial charge on any atom is -0.481 e. The van der Waals surface area contributed by atoms with Crippen LogP contribution >= 0.6 is 0 Å². The van der Waals surface area contributed by atoms with Crippen molar-refractivity contribution in [1.82, 2.24) is 0 Å². The molecule has 0 spiro atoms. The summed E-state index contributed by atoms with van der Waals surface area (Å²) in [5.41, 5.74) is 0. The molecule has 0 aromatic heterocycles. The van der Waals surface area contributed by atoms with Gasteiger partial charge in [-0.3, -0.25) is 4.79 Å². The van der Waals surface area contributed by atoms with E-state index in [1.54, 1.807) is 0 Å². The molecule has 20 heavy (non-hydrogen) atoms. The summed E-state index contributed by atoms with van der Waals surface area (Å²) < 4.78 is 0. The van der Waals surface area contributed by atoms with Crippen molar-refractivity contribution in [3.05, 3.63) is 0 Å². The molecular weight excluding hydrogens is 248 g/mol. The quantitative estimate of drug-likeness (QED) is 0.427. The number of carbonyl (C=O) groups is 1. The molecule has 0 aliphatic rings. The van der Waals surface area contributed by atoms with E-state index in [2.05, 4.69) is 27.7 Å². The molecular formula is C18H36O2. The van der Waals surface area contributed by atoms with E-state index in [4.69, 9.17) is 0 Å². The maximum Gasteiger partial charge on any atom is 0.307 e.